The van der Waals surface area contributed by atoms with E-state index in [-0.39, 0.29) is 5.91 Å². The first-order valence-electron chi connectivity index (χ1n) is 5.47. The number of hydrogen-bond acceptors (Lipinski definition) is 4. The zero-order valence-electron chi connectivity index (χ0n) is 10.2. The number of amides is 1. The molecule has 0 saturated heterocycles. The van der Waals surface area contributed by atoms with Crippen molar-refractivity contribution in [2.45, 2.75) is 32.2 Å². The molecular formula is C12H16N2O2S. The molecule has 0 saturated carbocycles. The second kappa shape index (κ2) is 5.69. The fourth-order valence-corrected chi connectivity index (χ4v) is 2.19. The van der Waals surface area contributed by atoms with Gasteiger partial charge in [-0.05, 0) is 12.8 Å². The molecule has 0 bridgehead atoms. The average Bonchev–Trinajstić information content (AvgIpc) is 2.85. The van der Waals surface area contributed by atoms with Crippen LogP contribution in [-0.4, -0.2) is 18.6 Å². The van der Waals surface area contributed by atoms with Gasteiger partial charge in [0.05, 0.1) is 18.1 Å². The fourth-order valence-electron chi connectivity index (χ4n) is 1.44. The van der Waals surface area contributed by atoms with E-state index in [2.05, 4.69) is 11.4 Å². The maximum atomic E-state index is 12.0. The molecule has 0 aliphatic rings. The van der Waals surface area contributed by atoms with Crippen molar-refractivity contribution in [1.29, 1.82) is 5.26 Å². The summed E-state index contributed by atoms with van der Waals surface area (Å²) in [5.74, 6) is 0.444. The highest BCUT2D eigenvalue weighted by Crippen LogP contribution is 2.22. The van der Waals surface area contributed by atoms with Crippen LogP contribution < -0.4 is 10.1 Å². The van der Waals surface area contributed by atoms with Crippen LogP contribution in [0.1, 0.15) is 36.4 Å². The Balaban J connectivity index is 2.81. The highest BCUT2D eigenvalue weighted by atomic mass is 32.1. The topological polar surface area (TPSA) is 62.1 Å². The minimum Gasteiger partial charge on any atom is -0.496 e. The fraction of sp³-hybridized carbons (Fsp3) is 0.500. The van der Waals surface area contributed by atoms with Crippen LogP contribution in [0.25, 0.3) is 0 Å². The lowest BCUT2D eigenvalue weighted by Gasteiger charge is -2.24. The van der Waals surface area contributed by atoms with Gasteiger partial charge in [-0.15, -0.1) is 11.3 Å². The minimum absolute atomic E-state index is 0.219. The van der Waals surface area contributed by atoms with Crippen LogP contribution in [0.5, 0.6) is 5.75 Å². The summed E-state index contributed by atoms with van der Waals surface area (Å²) in [5.41, 5.74) is -0.770. The zero-order chi connectivity index (χ0) is 12.9. The Bertz CT molecular complexity index is 430. The summed E-state index contributed by atoms with van der Waals surface area (Å²) in [7, 11) is 1.56. The van der Waals surface area contributed by atoms with E-state index in [1.54, 1.807) is 18.6 Å². The van der Waals surface area contributed by atoms with Gasteiger partial charge in [0.1, 0.15) is 11.3 Å². The lowest BCUT2D eigenvalue weighted by molar-refractivity contribution is 0.0919. The van der Waals surface area contributed by atoms with Crippen molar-refractivity contribution in [3.05, 3.63) is 16.3 Å². The molecule has 5 heteroatoms. The summed E-state index contributed by atoms with van der Waals surface area (Å²) in [4.78, 5) is 12.5. The zero-order valence-corrected chi connectivity index (χ0v) is 11.1. The van der Waals surface area contributed by atoms with Crippen LogP contribution in [0.4, 0.5) is 0 Å². The quantitative estimate of drug-likeness (QED) is 0.876. The number of thiophene rings is 1. The number of rotatable bonds is 5. The average molecular weight is 252 g/mol. The van der Waals surface area contributed by atoms with Crippen molar-refractivity contribution in [3.8, 4) is 11.8 Å². The predicted molar refractivity (Wildman–Crippen MR) is 67.3 cm³/mol. The molecular weight excluding hydrogens is 236 g/mol. The third-order valence-corrected chi connectivity index (χ3v) is 3.72. The Labute approximate surface area is 105 Å². The van der Waals surface area contributed by atoms with Gasteiger partial charge in [0.2, 0.25) is 0 Å². The highest BCUT2D eigenvalue weighted by molar-refractivity contribution is 7.12. The van der Waals surface area contributed by atoms with Gasteiger partial charge < -0.3 is 10.1 Å². The molecule has 17 heavy (non-hydrogen) atoms. The number of carbonyl (C=O) groups is 1. The van der Waals surface area contributed by atoms with Crippen molar-refractivity contribution in [2.75, 3.05) is 7.11 Å². The van der Waals surface area contributed by atoms with E-state index < -0.39 is 5.54 Å². The van der Waals surface area contributed by atoms with E-state index in [1.165, 1.54) is 11.3 Å². The summed E-state index contributed by atoms with van der Waals surface area (Å²) in [6.07, 6.45) is 1.18. The number of ether oxygens (including phenoxy) is 1. The number of carbonyl (C=O) groups excluding carboxylic acids is 1. The highest BCUT2D eigenvalue weighted by Gasteiger charge is 2.28. The molecule has 0 aliphatic heterocycles. The van der Waals surface area contributed by atoms with Crippen molar-refractivity contribution >= 4 is 17.2 Å². The van der Waals surface area contributed by atoms with E-state index in [0.29, 0.717) is 23.5 Å². The summed E-state index contributed by atoms with van der Waals surface area (Å²) < 4.78 is 5.02. The van der Waals surface area contributed by atoms with Gasteiger partial charge in [0.25, 0.3) is 5.91 Å². The Morgan fingerprint density at radius 1 is 1.59 bits per heavy atom. The van der Waals surface area contributed by atoms with Crippen molar-refractivity contribution in [2.24, 2.45) is 0 Å². The molecule has 92 valence electrons. The van der Waals surface area contributed by atoms with Crippen LogP contribution in [0.2, 0.25) is 0 Å². The smallest absolute Gasteiger partial charge is 0.262 e. The summed E-state index contributed by atoms with van der Waals surface area (Å²) in [6.45, 7) is 3.78. The molecule has 1 rings (SSSR count). The van der Waals surface area contributed by atoms with Crippen molar-refractivity contribution in [1.82, 2.24) is 5.32 Å². The molecule has 0 atom stereocenters. The summed E-state index contributed by atoms with van der Waals surface area (Å²) >= 11 is 1.31. The van der Waals surface area contributed by atoms with Gasteiger partial charge in [-0.1, -0.05) is 13.8 Å². The van der Waals surface area contributed by atoms with E-state index in [0.717, 1.165) is 0 Å². The van der Waals surface area contributed by atoms with Gasteiger partial charge in [-0.2, -0.15) is 5.26 Å². The molecule has 0 unspecified atom stereocenters. The predicted octanol–water partition coefficient (Wildman–Crippen LogP) is 2.57. The van der Waals surface area contributed by atoms with Crippen molar-refractivity contribution in [3.63, 3.8) is 0 Å². The van der Waals surface area contributed by atoms with Crippen LogP contribution in [0.15, 0.2) is 11.4 Å². The van der Waals surface area contributed by atoms with E-state index in [4.69, 9.17) is 10.00 Å². The number of hydrogen-bond donors (Lipinski definition) is 1. The van der Waals surface area contributed by atoms with Crippen LogP contribution >= 0.6 is 11.3 Å². The second-order valence-corrected chi connectivity index (χ2v) is 4.62. The lowest BCUT2D eigenvalue weighted by Crippen LogP contribution is -2.46. The number of nitrogens with one attached hydrogen (secondary N) is 1. The summed E-state index contributed by atoms with van der Waals surface area (Å²) in [6, 6.07) is 3.85. The molecule has 0 aliphatic carbocycles. The van der Waals surface area contributed by atoms with Crippen molar-refractivity contribution < 1.29 is 9.53 Å². The van der Waals surface area contributed by atoms with E-state index in [1.807, 2.05) is 13.8 Å². The molecule has 0 radical (unpaired) electrons. The first-order chi connectivity index (χ1) is 8.10. The van der Waals surface area contributed by atoms with Crippen LogP contribution in [0, 0.1) is 11.3 Å². The van der Waals surface area contributed by atoms with Gasteiger partial charge in [0, 0.05) is 11.4 Å². The first-order valence-corrected chi connectivity index (χ1v) is 6.35. The molecule has 0 fully saturated rings. The largest absolute Gasteiger partial charge is 0.496 e. The normalized spacial score (nSPS) is 10.7. The molecule has 0 spiro atoms. The van der Waals surface area contributed by atoms with Crippen LogP contribution in [0.3, 0.4) is 0 Å². The minimum atomic E-state index is -0.770. The molecule has 1 heterocycles. The van der Waals surface area contributed by atoms with Crippen LogP contribution in [-0.2, 0) is 0 Å². The monoisotopic (exact) mass is 252 g/mol. The molecule has 1 N–H and O–H groups in total. The maximum absolute atomic E-state index is 12.0. The van der Waals surface area contributed by atoms with Gasteiger partial charge in [-0.3, -0.25) is 4.79 Å². The molecule has 1 amide bonds. The molecule has 4 nitrogen and oxygen atoms in total. The van der Waals surface area contributed by atoms with Gasteiger partial charge in [-0.25, -0.2) is 0 Å². The maximum Gasteiger partial charge on any atom is 0.262 e. The third-order valence-electron chi connectivity index (χ3n) is 2.81. The van der Waals surface area contributed by atoms with E-state index in [9.17, 15) is 4.79 Å². The third kappa shape index (κ3) is 2.98. The Morgan fingerprint density at radius 2 is 2.24 bits per heavy atom. The van der Waals surface area contributed by atoms with E-state index >= 15 is 0 Å². The Morgan fingerprint density at radius 3 is 2.65 bits per heavy atom. The van der Waals surface area contributed by atoms with Gasteiger partial charge >= 0.3 is 0 Å². The first kappa shape index (κ1) is 13.5. The molecule has 0 aromatic carbocycles. The molecule has 1 aromatic rings. The SMILES string of the molecule is CCC(C#N)(CC)NC(=O)c1cc(OC)cs1. The Hall–Kier alpha value is -1.54. The number of nitrogens with zero attached hydrogens (tertiary/aromatic N) is 1. The lowest BCUT2D eigenvalue weighted by atomic mass is 9.95. The Kier molecular flexibility index (Phi) is 4.53. The standard InChI is InChI=1S/C12H16N2O2S/c1-4-12(5-2,8-13)14-11(15)10-6-9(16-3)7-17-10/h6-7H,4-5H2,1-3H3,(H,14,15). The molecule has 1 aromatic heterocycles. The van der Waals surface area contributed by atoms with Gasteiger partial charge in [0.15, 0.2) is 0 Å². The summed E-state index contributed by atoms with van der Waals surface area (Å²) in [5, 5.41) is 13.7. The number of nitriles is 1. The second-order valence-electron chi connectivity index (χ2n) is 3.71. The number of methoxy groups -OCH3 is 1.